The van der Waals surface area contributed by atoms with Gasteiger partial charge in [0.1, 0.15) is 6.04 Å². The highest BCUT2D eigenvalue weighted by Gasteiger charge is 2.27. The van der Waals surface area contributed by atoms with E-state index in [1.54, 1.807) is 0 Å². The van der Waals surface area contributed by atoms with Crippen LogP contribution in [-0.2, 0) is 11.2 Å². The Labute approximate surface area is 123 Å². The van der Waals surface area contributed by atoms with Crippen LogP contribution in [0.3, 0.4) is 0 Å². The SMILES string of the molecule is O=C(NC(CO)c1ccccc1)[C@@H]1Cc2ccccc2N1. The normalized spacial score (nSPS) is 17.7. The van der Waals surface area contributed by atoms with Crippen molar-refractivity contribution in [2.75, 3.05) is 11.9 Å². The Hall–Kier alpha value is -2.33. The molecule has 0 aliphatic carbocycles. The molecule has 2 atom stereocenters. The van der Waals surface area contributed by atoms with Crippen LogP contribution in [0.4, 0.5) is 5.69 Å². The lowest BCUT2D eigenvalue weighted by molar-refractivity contribution is -0.122. The van der Waals surface area contributed by atoms with Crippen LogP contribution >= 0.6 is 0 Å². The van der Waals surface area contributed by atoms with E-state index in [4.69, 9.17) is 0 Å². The first-order valence-corrected chi connectivity index (χ1v) is 7.08. The molecule has 0 aromatic heterocycles. The number of rotatable bonds is 4. The molecule has 0 bridgehead atoms. The number of fused-ring (bicyclic) bond motifs is 1. The van der Waals surface area contributed by atoms with Gasteiger partial charge in [-0.1, -0.05) is 48.5 Å². The number of anilines is 1. The van der Waals surface area contributed by atoms with E-state index >= 15 is 0 Å². The van der Waals surface area contributed by atoms with E-state index in [9.17, 15) is 9.90 Å². The summed E-state index contributed by atoms with van der Waals surface area (Å²) >= 11 is 0. The van der Waals surface area contributed by atoms with Crippen molar-refractivity contribution in [3.05, 3.63) is 65.7 Å². The lowest BCUT2D eigenvalue weighted by atomic mass is 10.1. The van der Waals surface area contributed by atoms with Gasteiger partial charge in [0, 0.05) is 12.1 Å². The fourth-order valence-electron chi connectivity index (χ4n) is 2.65. The third-order valence-electron chi connectivity index (χ3n) is 3.79. The fourth-order valence-corrected chi connectivity index (χ4v) is 2.65. The molecule has 1 amide bonds. The van der Waals surface area contributed by atoms with Crippen LogP contribution in [-0.4, -0.2) is 23.7 Å². The molecule has 0 fully saturated rings. The highest BCUT2D eigenvalue weighted by Crippen LogP contribution is 2.25. The van der Waals surface area contributed by atoms with Crippen LogP contribution in [0.15, 0.2) is 54.6 Å². The predicted molar refractivity (Wildman–Crippen MR) is 82.0 cm³/mol. The second-order valence-electron chi connectivity index (χ2n) is 5.21. The molecule has 2 aromatic rings. The molecule has 4 nitrogen and oxygen atoms in total. The Bertz CT molecular complexity index is 603. The Balaban J connectivity index is 1.67. The van der Waals surface area contributed by atoms with Crippen LogP contribution < -0.4 is 10.6 Å². The van der Waals surface area contributed by atoms with E-state index in [-0.39, 0.29) is 24.6 Å². The Kier molecular flexibility index (Phi) is 3.88. The number of nitrogens with one attached hydrogen (secondary N) is 2. The van der Waals surface area contributed by atoms with Crippen LogP contribution in [0, 0.1) is 0 Å². The van der Waals surface area contributed by atoms with Gasteiger partial charge in [-0.15, -0.1) is 0 Å². The van der Waals surface area contributed by atoms with Crippen molar-refractivity contribution < 1.29 is 9.90 Å². The smallest absolute Gasteiger partial charge is 0.243 e. The molecule has 2 aromatic carbocycles. The van der Waals surface area contributed by atoms with Crippen LogP contribution in [0.1, 0.15) is 17.2 Å². The molecule has 1 aliphatic rings. The average Bonchev–Trinajstić information content (AvgIpc) is 2.97. The van der Waals surface area contributed by atoms with E-state index in [1.165, 1.54) is 0 Å². The quantitative estimate of drug-likeness (QED) is 0.802. The van der Waals surface area contributed by atoms with E-state index in [0.29, 0.717) is 6.42 Å². The molecular formula is C17H18N2O2. The molecule has 0 radical (unpaired) electrons. The third-order valence-corrected chi connectivity index (χ3v) is 3.79. The zero-order valence-electron chi connectivity index (χ0n) is 11.6. The summed E-state index contributed by atoms with van der Waals surface area (Å²) in [5.74, 6) is -0.0888. The fraction of sp³-hybridized carbons (Fsp3) is 0.235. The van der Waals surface area contributed by atoms with Crippen molar-refractivity contribution in [3.63, 3.8) is 0 Å². The maximum atomic E-state index is 12.4. The number of aliphatic hydroxyl groups excluding tert-OH is 1. The number of amides is 1. The van der Waals surface area contributed by atoms with Gasteiger partial charge in [-0.3, -0.25) is 4.79 Å². The van der Waals surface area contributed by atoms with Crippen LogP contribution in [0.2, 0.25) is 0 Å². The van der Waals surface area contributed by atoms with Crippen molar-refractivity contribution in [2.45, 2.75) is 18.5 Å². The highest BCUT2D eigenvalue weighted by molar-refractivity contribution is 5.87. The molecular weight excluding hydrogens is 264 g/mol. The summed E-state index contributed by atoms with van der Waals surface area (Å²) in [5, 5.41) is 15.6. The van der Waals surface area contributed by atoms with Crippen molar-refractivity contribution >= 4 is 11.6 Å². The first kappa shape index (κ1) is 13.6. The first-order chi connectivity index (χ1) is 10.3. The van der Waals surface area contributed by atoms with E-state index in [2.05, 4.69) is 10.6 Å². The number of hydrogen-bond donors (Lipinski definition) is 3. The number of carbonyl (C=O) groups is 1. The standard InChI is InChI=1S/C17H18N2O2/c20-11-16(12-6-2-1-3-7-12)19-17(21)15-10-13-8-4-5-9-14(13)18-15/h1-9,15-16,18,20H,10-11H2,(H,19,21)/t15-,16?/m0/s1. The second-order valence-corrected chi connectivity index (χ2v) is 5.21. The van der Waals surface area contributed by atoms with Crippen LogP contribution in [0.5, 0.6) is 0 Å². The highest BCUT2D eigenvalue weighted by atomic mass is 16.3. The van der Waals surface area contributed by atoms with Crippen molar-refractivity contribution in [3.8, 4) is 0 Å². The topological polar surface area (TPSA) is 61.4 Å². The summed E-state index contributed by atoms with van der Waals surface area (Å²) in [7, 11) is 0. The minimum absolute atomic E-state index is 0.0888. The van der Waals surface area contributed by atoms with Gasteiger partial charge in [-0.05, 0) is 17.2 Å². The Morgan fingerprint density at radius 2 is 1.90 bits per heavy atom. The zero-order valence-corrected chi connectivity index (χ0v) is 11.6. The summed E-state index contributed by atoms with van der Waals surface area (Å²) in [5.41, 5.74) is 3.07. The van der Waals surface area contributed by atoms with E-state index in [0.717, 1.165) is 16.8 Å². The predicted octanol–water partition coefficient (Wildman–Crippen LogP) is 1.87. The summed E-state index contributed by atoms with van der Waals surface area (Å²) in [6, 6.07) is 16.8. The Morgan fingerprint density at radius 3 is 2.62 bits per heavy atom. The number of carbonyl (C=O) groups excluding carboxylic acids is 1. The molecule has 3 N–H and O–H groups in total. The molecule has 3 rings (SSSR count). The van der Waals surface area contributed by atoms with Gasteiger partial charge >= 0.3 is 0 Å². The van der Waals surface area contributed by atoms with Gasteiger partial charge in [0.15, 0.2) is 0 Å². The largest absolute Gasteiger partial charge is 0.394 e. The molecule has 1 heterocycles. The molecule has 0 saturated carbocycles. The van der Waals surface area contributed by atoms with Gasteiger partial charge in [0.25, 0.3) is 0 Å². The van der Waals surface area contributed by atoms with E-state index in [1.807, 2.05) is 54.6 Å². The summed E-state index contributed by atoms with van der Waals surface area (Å²) < 4.78 is 0. The number of hydrogen-bond acceptors (Lipinski definition) is 3. The molecule has 0 saturated heterocycles. The van der Waals surface area contributed by atoms with Gasteiger partial charge in [0.2, 0.25) is 5.91 Å². The minimum atomic E-state index is -0.371. The number of para-hydroxylation sites is 1. The molecule has 108 valence electrons. The summed E-state index contributed by atoms with van der Waals surface area (Å²) in [4.78, 5) is 12.4. The minimum Gasteiger partial charge on any atom is -0.394 e. The molecule has 1 aliphatic heterocycles. The molecule has 4 heteroatoms. The average molecular weight is 282 g/mol. The van der Waals surface area contributed by atoms with Gasteiger partial charge < -0.3 is 15.7 Å². The third kappa shape index (κ3) is 2.90. The number of benzene rings is 2. The van der Waals surface area contributed by atoms with Crippen molar-refractivity contribution in [2.24, 2.45) is 0 Å². The van der Waals surface area contributed by atoms with Crippen LogP contribution in [0.25, 0.3) is 0 Å². The number of aliphatic hydroxyl groups is 1. The monoisotopic (exact) mass is 282 g/mol. The van der Waals surface area contributed by atoms with Gasteiger partial charge in [-0.25, -0.2) is 0 Å². The lowest BCUT2D eigenvalue weighted by Gasteiger charge is -2.19. The molecule has 0 spiro atoms. The van der Waals surface area contributed by atoms with Crippen molar-refractivity contribution in [1.29, 1.82) is 0 Å². The van der Waals surface area contributed by atoms with Crippen molar-refractivity contribution in [1.82, 2.24) is 5.32 Å². The summed E-state index contributed by atoms with van der Waals surface area (Å²) in [6.07, 6.45) is 0.676. The maximum Gasteiger partial charge on any atom is 0.243 e. The molecule has 21 heavy (non-hydrogen) atoms. The molecule has 1 unspecified atom stereocenters. The zero-order chi connectivity index (χ0) is 14.7. The Morgan fingerprint density at radius 1 is 1.19 bits per heavy atom. The second kappa shape index (κ2) is 5.97. The lowest BCUT2D eigenvalue weighted by Crippen LogP contribution is -2.41. The first-order valence-electron chi connectivity index (χ1n) is 7.08. The van der Waals surface area contributed by atoms with E-state index < -0.39 is 0 Å². The van der Waals surface area contributed by atoms with Gasteiger partial charge in [0.05, 0.1) is 12.6 Å². The summed E-state index contributed by atoms with van der Waals surface area (Å²) in [6.45, 7) is -0.116. The maximum absolute atomic E-state index is 12.4. The van der Waals surface area contributed by atoms with Gasteiger partial charge in [-0.2, -0.15) is 0 Å².